The second kappa shape index (κ2) is 6.12. The van der Waals surface area contributed by atoms with Gasteiger partial charge in [0.25, 0.3) is 0 Å². The Hall–Kier alpha value is -1.46. The Labute approximate surface area is 125 Å². The van der Waals surface area contributed by atoms with Crippen molar-refractivity contribution in [3.63, 3.8) is 0 Å². The van der Waals surface area contributed by atoms with Crippen molar-refractivity contribution in [2.24, 2.45) is 11.7 Å². The fraction of sp³-hybridized carbons (Fsp3) is 0.625. The molecule has 0 unspecified atom stereocenters. The summed E-state index contributed by atoms with van der Waals surface area (Å²) in [6.45, 7) is 3.90. The van der Waals surface area contributed by atoms with Gasteiger partial charge in [0, 0.05) is 24.4 Å². The minimum atomic E-state index is -1.97. The van der Waals surface area contributed by atoms with E-state index in [4.69, 9.17) is 5.73 Å². The summed E-state index contributed by atoms with van der Waals surface area (Å²) in [5.74, 6) is -0.500. The number of rotatable bonds is 7. The highest BCUT2D eigenvalue weighted by Crippen LogP contribution is 2.40. The zero-order valence-corrected chi connectivity index (χ0v) is 12.6. The maximum absolute atomic E-state index is 11.5. The molecule has 1 fully saturated rings. The van der Waals surface area contributed by atoms with E-state index in [-0.39, 0.29) is 12.3 Å². The van der Waals surface area contributed by atoms with E-state index in [1.54, 1.807) is 6.20 Å². The van der Waals surface area contributed by atoms with Crippen LogP contribution in [-0.4, -0.2) is 32.8 Å². The third kappa shape index (κ3) is 3.80. The number of hydrogen-bond acceptors (Lipinski definition) is 4. The molecule has 1 saturated carbocycles. The van der Waals surface area contributed by atoms with Gasteiger partial charge in [0.05, 0.1) is 0 Å². The maximum atomic E-state index is 11.5. The Bertz CT molecular complexity index is 514. The smallest absolute Gasteiger partial charge is 0.337 e. The summed E-state index contributed by atoms with van der Waals surface area (Å²) >= 11 is 0. The van der Waals surface area contributed by atoms with Gasteiger partial charge in [0.1, 0.15) is 0 Å². The first-order valence-electron chi connectivity index (χ1n) is 7.49. The quantitative estimate of drug-likeness (QED) is 0.710. The van der Waals surface area contributed by atoms with Gasteiger partial charge >= 0.3 is 5.97 Å². The molecule has 0 amide bonds. The van der Waals surface area contributed by atoms with Crippen molar-refractivity contribution in [2.75, 3.05) is 0 Å². The lowest BCUT2D eigenvalue weighted by molar-refractivity contribution is -0.161. The average Bonchev–Trinajstić information content (AvgIpc) is 3.22. The minimum Gasteiger partial charge on any atom is -0.479 e. The van der Waals surface area contributed by atoms with Crippen LogP contribution in [0.5, 0.6) is 0 Å². The van der Waals surface area contributed by atoms with Gasteiger partial charge in [-0.15, -0.1) is 0 Å². The third-order valence-electron chi connectivity index (χ3n) is 4.05. The first kappa shape index (κ1) is 15.9. The van der Waals surface area contributed by atoms with Gasteiger partial charge in [-0.05, 0) is 48.8 Å². The van der Waals surface area contributed by atoms with Gasteiger partial charge in [-0.1, -0.05) is 13.8 Å². The van der Waals surface area contributed by atoms with Crippen molar-refractivity contribution in [3.8, 4) is 0 Å². The summed E-state index contributed by atoms with van der Waals surface area (Å²) < 4.78 is 0. The molecule has 116 valence electrons. The summed E-state index contributed by atoms with van der Waals surface area (Å²) in [7, 11) is 0. The molecule has 2 atom stereocenters. The number of carboxylic acid groups (broad SMARTS) is 1. The Kier molecular flexibility index (Phi) is 4.64. The third-order valence-corrected chi connectivity index (χ3v) is 4.05. The fourth-order valence-corrected chi connectivity index (χ4v) is 2.61. The molecular formula is C16H24N2O3. The second-order valence-electron chi connectivity index (χ2n) is 6.50. The molecule has 0 radical (unpaired) electrons. The average molecular weight is 292 g/mol. The molecule has 1 aromatic heterocycles. The summed E-state index contributed by atoms with van der Waals surface area (Å²) in [5.41, 5.74) is 5.74. The molecule has 0 aromatic carbocycles. The molecule has 0 saturated heterocycles. The molecule has 2 rings (SSSR count). The Balaban J connectivity index is 2.18. The zero-order valence-electron chi connectivity index (χ0n) is 12.6. The molecule has 1 heterocycles. The van der Waals surface area contributed by atoms with Gasteiger partial charge in [-0.2, -0.15) is 0 Å². The van der Waals surface area contributed by atoms with E-state index in [1.807, 2.05) is 26.0 Å². The van der Waals surface area contributed by atoms with Gasteiger partial charge in [-0.3, -0.25) is 4.98 Å². The predicted octanol–water partition coefficient (Wildman–Crippen LogP) is 1.69. The number of nitrogens with two attached hydrogens (primary N) is 1. The zero-order chi connectivity index (χ0) is 15.6. The summed E-state index contributed by atoms with van der Waals surface area (Å²) in [6.07, 6.45) is 4.40. The molecule has 5 nitrogen and oxygen atoms in total. The molecule has 1 aromatic rings. The second-order valence-corrected chi connectivity index (χ2v) is 6.50. The highest BCUT2D eigenvalue weighted by atomic mass is 16.4. The van der Waals surface area contributed by atoms with Crippen LogP contribution in [0.25, 0.3) is 0 Å². The molecule has 0 aliphatic heterocycles. The molecule has 5 heteroatoms. The van der Waals surface area contributed by atoms with Crippen molar-refractivity contribution in [2.45, 2.75) is 57.1 Å². The summed E-state index contributed by atoms with van der Waals surface area (Å²) in [5, 5.41) is 20.0. The topological polar surface area (TPSA) is 96.4 Å². The number of aliphatic carboxylic acids is 1. The van der Waals surface area contributed by atoms with E-state index >= 15 is 0 Å². The number of nitrogens with zero attached hydrogens (tertiary/aromatic N) is 1. The molecule has 0 bridgehead atoms. The summed E-state index contributed by atoms with van der Waals surface area (Å²) in [6, 6.07) is 3.03. The van der Waals surface area contributed by atoms with Gasteiger partial charge in [0.15, 0.2) is 5.60 Å². The lowest BCUT2D eigenvalue weighted by atomic mass is 9.84. The van der Waals surface area contributed by atoms with E-state index in [9.17, 15) is 15.0 Å². The maximum Gasteiger partial charge on any atom is 0.337 e. The van der Waals surface area contributed by atoms with E-state index in [0.29, 0.717) is 18.0 Å². The first-order chi connectivity index (χ1) is 9.83. The van der Waals surface area contributed by atoms with E-state index < -0.39 is 17.6 Å². The lowest BCUT2D eigenvalue weighted by Gasteiger charge is -2.30. The van der Waals surface area contributed by atoms with E-state index in [1.165, 1.54) is 18.4 Å². The Morgan fingerprint density at radius 1 is 1.52 bits per heavy atom. The van der Waals surface area contributed by atoms with Crippen LogP contribution in [0.3, 0.4) is 0 Å². The number of aliphatic hydroxyl groups is 1. The number of pyridine rings is 1. The monoisotopic (exact) mass is 292 g/mol. The first-order valence-corrected chi connectivity index (χ1v) is 7.49. The van der Waals surface area contributed by atoms with E-state index in [0.717, 1.165) is 0 Å². The van der Waals surface area contributed by atoms with Crippen LogP contribution in [-0.2, 0) is 11.2 Å². The molecule has 1 aliphatic rings. The van der Waals surface area contributed by atoms with Gasteiger partial charge in [0.2, 0.25) is 0 Å². The SMILES string of the molecule is CC(C)C[C@H](N)[C@](O)(Cc1cc(C2CC2)ccn1)C(=O)O. The number of carbonyl (C=O) groups is 1. The van der Waals surface area contributed by atoms with Crippen LogP contribution in [0, 0.1) is 5.92 Å². The van der Waals surface area contributed by atoms with Crippen molar-refractivity contribution >= 4 is 5.97 Å². The Morgan fingerprint density at radius 3 is 2.71 bits per heavy atom. The van der Waals surface area contributed by atoms with Crippen molar-refractivity contribution in [1.82, 2.24) is 4.98 Å². The molecule has 21 heavy (non-hydrogen) atoms. The van der Waals surface area contributed by atoms with E-state index in [2.05, 4.69) is 4.98 Å². The van der Waals surface area contributed by atoms with Crippen molar-refractivity contribution in [3.05, 3.63) is 29.6 Å². The van der Waals surface area contributed by atoms with Crippen LogP contribution < -0.4 is 5.73 Å². The van der Waals surface area contributed by atoms with Gasteiger partial charge in [-0.25, -0.2) is 4.79 Å². The molecular weight excluding hydrogens is 268 g/mol. The fourth-order valence-electron chi connectivity index (χ4n) is 2.61. The standard InChI is InChI=1S/C16H24N2O3/c1-10(2)7-14(17)16(21,15(19)20)9-13-8-12(5-6-18-13)11-3-4-11/h5-6,8,10-11,14,21H,3-4,7,9,17H2,1-2H3,(H,19,20)/t14-,16+/m0/s1. The predicted molar refractivity (Wildman–Crippen MR) is 79.9 cm³/mol. The largest absolute Gasteiger partial charge is 0.479 e. The number of carboxylic acids is 1. The van der Waals surface area contributed by atoms with Crippen molar-refractivity contribution < 1.29 is 15.0 Å². The Morgan fingerprint density at radius 2 is 2.19 bits per heavy atom. The normalized spacial score (nSPS) is 19.3. The number of hydrogen-bond donors (Lipinski definition) is 3. The van der Waals surface area contributed by atoms with Crippen LogP contribution in [0.4, 0.5) is 0 Å². The highest BCUT2D eigenvalue weighted by molar-refractivity contribution is 5.78. The van der Waals surface area contributed by atoms with Gasteiger partial charge < -0.3 is 15.9 Å². The van der Waals surface area contributed by atoms with Crippen LogP contribution in [0.15, 0.2) is 18.3 Å². The van der Waals surface area contributed by atoms with Crippen molar-refractivity contribution in [1.29, 1.82) is 0 Å². The summed E-state index contributed by atoms with van der Waals surface area (Å²) in [4.78, 5) is 15.7. The molecule has 4 N–H and O–H groups in total. The molecule has 0 spiro atoms. The van der Waals surface area contributed by atoms with Crippen LogP contribution in [0.2, 0.25) is 0 Å². The minimum absolute atomic E-state index is 0.0587. The highest BCUT2D eigenvalue weighted by Gasteiger charge is 2.43. The molecule has 1 aliphatic carbocycles. The lowest BCUT2D eigenvalue weighted by Crippen LogP contribution is -2.56. The van der Waals surface area contributed by atoms with Crippen LogP contribution in [0.1, 0.15) is 50.3 Å². The number of aromatic nitrogens is 1. The van der Waals surface area contributed by atoms with Crippen LogP contribution >= 0.6 is 0 Å².